The predicted octanol–water partition coefficient (Wildman–Crippen LogP) is -0.558. The summed E-state index contributed by atoms with van der Waals surface area (Å²) in [6.45, 7) is 2.07. The summed E-state index contributed by atoms with van der Waals surface area (Å²) in [4.78, 5) is 6.26. The second-order valence-corrected chi connectivity index (χ2v) is 4.09. The van der Waals surface area contributed by atoms with Gasteiger partial charge in [-0.3, -0.25) is 4.99 Å². The first-order valence-corrected chi connectivity index (χ1v) is 5.12. The van der Waals surface area contributed by atoms with Gasteiger partial charge in [0.2, 0.25) is 0 Å². The first-order valence-electron chi connectivity index (χ1n) is 4.14. The van der Waals surface area contributed by atoms with Crippen molar-refractivity contribution < 1.29 is 5.11 Å². The highest BCUT2D eigenvalue weighted by atomic mass is 32.2. The SMILES string of the molecule is NCC1(O)CSC2=NCCCN21. The minimum absolute atomic E-state index is 0.291. The van der Waals surface area contributed by atoms with E-state index in [-0.39, 0.29) is 0 Å². The van der Waals surface area contributed by atoms with E-state index in [1.807, 2.05) is 4.90 Å². The summed E-state index contributed by atoms with van der Waals surface area (Å²) in [7, 11) is 0. The number of aliphatic hydroxyl groups is 1. The fourth-order valence-electron chi connectivity index (χ4n) is 1.52. The third-order valence-corrected chi connectivity index (χ3v) is 3.49. The Morgan fingerprint density at radius 2 is 2.58 bits per heavy atom. The van der Waals surface area contributed by atoms with Crippen LogP contribution < -0.4 is 5.73 Å². The number of amidine groups is 1. The topological polar surface area (TPSA) is 61.9 Å². The van der Waals surface area contributed by atoms with E-state index >= 15 is 0 Å². The molecule has 5 heteroatoms. The Kier molecular flexibility index (Phi) is 2.02. The first kappa shape index (κ1) is 8.34. The van der Waals surface area contributed by atoms with Gasteiger partial charge < -0.3 is 15.7 Å². The lowest BCUT2D eigenvalue weighted by Gasteiger charge is -2.34. The van der Waals surface area contributed by atoms with E-state index in [2.05, 4.69) is 4.99 Å². The lowest BCUT2D eigenvalue weighted by molar-refractivity contribution is -0.0349. The van der Waals surface area contributed by atoms with Crippen LogP contribution in [0.4, 0.5) is 0 Å². The molecule has 4 nitrogen and oxygen atoms in total. The van der Waals surface area contributed by atoms with Crippen molar-refractivity contribution in [1.82, 2.24) is 4.90 Å². The smallest absolute Gasteiger partial charge is 0.161 e. The Bertz CT molecular complexity index is 221. The number of nitrogens with two attached hydrogens (primary N) is 1. The molecule has 2 heterocycles. The van der Waals surface area contributed by atoms with Crippen LogP contribution in [0.1, 0.15) is 6.42 Å². The van der Waals surface area contributed by atoms with Gasteiger partial charge in [0.05, 0.1) is 5.75 Å². The zero-order valence-electron chi connectivity index (χ0n) is 6.86. The Labute approximate surface area is 75.8 Å². The number of rotatable bonds is 1. The Morgan fingerprint density at radius 1 is 1.75 bits per heavy atom. The molecule has 0 saturated carbocycles. The van der Waals surface area contributed by atoms with Gasteiger partial charge in [0, 0.05) is 19.6 Å². The van der Waals surface area contributed by atoms with Gasteiger partial charge in [0.25, 0.3) is 0 Å². The van der Waals surface area contributed by atoms with Crippen LogP contribution in [0, 0.1) is 0 Å². The van der Waals surface area contributed by atoms with Crippen LogP contribution in [0.15, 0.2) is 4.99 Å². The van der Waals surface area contributed by atoms with E-state index in [1.54, 1.807) is 11.8 Å². The zero-order valence-corrected chi connectivity index (χ0v) is 7.68. The van der Waals surface area contributed by atoms with Crippen LogP contribution in [0.5, 0.6) is 0 Å². The summed E-state index contributed by atoms with van der Waals surface area (Å²) in [6, 6.07) is 0. The fourth-order valence-corrected chi connectivity index (χ4v) is 2.75. The van der Waals surface area contributed by atoms with E-state index in [9.17, 15) is 5.11 Å². The number of nitrogens with zero attached hydrogens (tertiary/aromatic N) is 2. The molecule has 68 valence electrons. The average Bonchev–Trinajstić information content (AvgIpc) is 2.46. The Morgan fingerprint density at radius 3 is 3.33 bits per heavy atom. The lowest BCUT2D eigenvalue weighted by atomic mass is 10.2. The summed E-state index contributed by atoms with van der Waals surface area (Å²) < 4.78 is 0. The normalized spacial score (nSPS) is 34.8. The third-order valence-electron chi connectivity index (χ3n) is 2.28. The molecule has 1 atom stereocenters. The van der Waals surface area contributed by atoms with Gasteiger partial charge in [-0.05, 0) is 6.42 Å². The molecule has 0 aromatic rings. The number of fused-ring (bicyclic) bond motifs is 1. The molecule has 1 fully saturated rings. The molecule has 0 aromatic heterocycles. The molecule has 1 saturated heterocycles. The zero-order chi connectivity index (χ0) is 8.60. The van der Waals surface area contributed by atoms with Crippen LogP contribution in [-0.2, 0) is 0 Å². The highest BCUT2D eigenvalue weighted by molar-refractivity contribution is 8.14. The maximum Gasteiger partial charge on any atom is 0.161 e. The number of hydrogen-bond donors (Lipinski definition) is 2. The largest absolute Gasteiger partial charge is 0.369 e. The molecular weight excluding hydrogens is 174 g/mol. The third kappa shape index (κ3) is 1.12. The maximum atomic E-state index is 9.99. The van der Waals surface area contributed by atoms with Gasteiger partial charge in [-0.15, -0.1) is 0 Å². The Balaban J connectivity index is 2.22. The molecule has 0 aliphatic carbocycles. The minimum Gasteiger partial charge on any atom is -0.369 e. The monoisotopic (exact) mass is 187 g/mol. The van der Waals surface area contributed by atoms with Crippen molar-refractivity contribution in [2.75, 3.05) is 25.4 Å². The van der Waals surface area contributed by atoms with Gasteiger partial charge in [-0.1, -0.05) is 11.8 Å². The highest BCUT2D eigenvalue weighted by Gasteiger charge is 2.42. The van der Waals surface area contributed by atoms with Gasteiger partial charge in [0.15, 0.2) is 10.9 Å². The predicted molar refractivity (Wildman–Crippen MR) is 50.1 cm³/mol. The molecule has 2 aliphatic heterocycles. The molecule has 12 heavy (non-hydrogen) atoms. The molecule has 0 bridgehead atoms. The van der Waals surface area contributed by atoms with Crippen LogP contribution in [-0.4, -0.2) is 46.3 Å². The van der Waals surface area contributed by atoms with Crippen LogP contribution >= 0.6 is 11.8 Å². The molecule has 3 N–H and O–H groups in total. The van der Waals surface area contributed by atoms with E-state index in [1.165, 1.54) is 0 Å². The summed E-state index contributed by atoms with van der Waals surface area (Å²) >= 11 is 1.60. The van der Waals surface area contributed by atoms with Crippen molar-refractivity contribution in [3.05, 3.63) is 0 Å². The van der Waals surface area contributed by atoms with Crippen LogP contribution in [0.3, 0.4) is 0 Å². The summed E-state index contributed by atoms with van der Waals surface area (Å²) in [5.41, 5.74) is 4.69. The first-order chi connectivity index (χ1) is 5.76. The number of aliphatic imine (C=N–C) groups is 1. The summed E-state index contributed by atoms with van der Waals surface area (Å²) in [5.74, 6) is 0.655. The van der Waals surface area contributed by atoms with Crippen molar-refractivity contribution in [2.24, 2.45) is 10.7 Å². The number of thioether (sulfide) groups is 1. The van der Waals surface area contributed by atoms with E-state index < -0.39 is 5.72 Å². The molecule has 2 rings (SSSR count). The van der Waals surface area contributed by atoms with Gasteiger partial charge in [-0.25, -0.2) is 0 Å². The second kappa shape index (κ2) is 2.90. The average molecular weight is 187 g/mol. The quantitative estimate of drug-likeness (QED) is 0.578. The van der Waals surface area contributed by atoms with Crippen molar-refractivity contribution in [3.63, 3.8) is 0 Å². The van der Waals surface area contributed by atoms with Gasteiger partial charge >= 0.3 is 0 Å². The standard InChI is InChI=1S/C7H13N3OS/c8-4-7(11)5-12-6-9-2-1-3-10(6)7/h11H,1-5,8H2. The highest BCUT2D eigenvalue weighted by Crippen LogP contribution is 2.32. The Hall–Kier alpha value is -0.260. The van der Waals surface area contributed by atoms with Crippen molar-refractivity contribution >= 4 is 16.9 Å². The summed E-state index contributed by atoms with van der Waals surface area (Å²) in [5, 5.41) is 11.0. The van der Waals surface area contributed by atoms with Crippen molar-refractivity contribution in [2.45, 2.75) is 12.1 Å². The molecule has 0 aromatic carbocycles. The molecule has 0 amide bonds. The maximum absolute atomic E-state index is 9.99. The summed E-state index contributed by atoms with van der Waals surface area (Å²) in [6.07, 6.45) is 1.02. The minimum atomic E-state index is -0.829. The molecule has 2 aliphatic rings. The fraction of sp³-hybridized carbons (Fsp3) is 0.857. The van der Waals surface area contributed by atoms with E-state index in [0.717, 1.165) is 24.7 Å². The van der Waals surface area contributed by atoms with E-state index in [0.29, 0.717) is 12.3 Å². The van der Waals surface area contributed by atoms with Gasteiger partial charge in [0.1, 0.15) is 0 Å². The molecule has 0 spiro atoms. The lowest BCUT2D eigenvalue weighted by Crippen LogP contribution is -2.54. The molecule has 1 unspecified atom stereocenters. The molecular formula is C7H13N3OS. The number of hydrogen-bond acceptors (Lipinski definition) is 5. The van der Waals surface area contributed by atoms with Crippen molar-refractivity contribution in [1.29, 1.82) is 0 Å². The van der Waals surface area contributed by atoms with Gasteiger partial charge in [-0.2, -0.15) is 0 Å². The van der Waals surface area contributed by atoms with Crippen molar-refractivity contribution in [3.8, 4) is 0 Å². The molecule has 0 radical (unpaired) electrons. The van der Waals surface area contributed by atoms with Crippen LogP contribution in [0.25, 0.3) is 0 Å². The second-order valence-electron chi connectivity index (χ2n) is 3.14. The van der Waals surface area contributed by atoms with E-state index in [4.69, 9.17) is 5.73 Å². The van der Waals surface area contributed by atoms with Crippen LogP contribution in [0.2, 0.25) is 0 Å².